The molecule has 7 nitrogen and oxygen atoms in total. The van der Waals surface area contributed by atoms with Crippen molar-refractivity contribution < 1.29 is 9.59 Å². The Morgan fingerprint density at radius 1 is 1.38 bits per heavy atom. The van der Waals surface area contributed by atoms with Crippen LogP contribution >= 0.6 is 11.6 Å². The Bertz CT molecular complexity index is 791. The molecule has 0 saturated carbocycles. The van der Waals surface area contributed by atoms with Crippen molar-refractivity contribution >= 4 is 23.4 Å². The van der Waals surface area contributed by atoms with Crippen LogP contribution in [-0.2, 0) is 4.79 Å². The molecule has 26 heavy (non-hydrogen) atoms. The highest BCUT2D eigenvalue weighted by Gasteiger charge is 2.29. The van der Waals surface area contributed by atoms with Gasteiger partial charge in [0.15, 0.2) is 0 Å². The fourth-order valence-electron chi connectivity index (χ4n) is 3.09. The number of likely N-dealkylation sites (tertiary alicyclic amines) is 1. The quantitative estimate of drug-likeness (QED) is 0.827. The van der Waals surface area contributed by atoms with E-state index in [0.29, 0.717) is 36.8 Å². The summed E-state index contributed by atoms with van der Waals surface area (Å²) in [5, 5.41) is 7.66. The normalized spacial score (nSPS) is 17.2. The number of halogens is 1. The zero-order chi connectivity index (χ0) is 18.5. The number of nitrogens with one attached hydrogen (secondary N) is 1. The molecule has 3 rings (SSSR count). The predicted octanol–water partition coefficient (Wildman–Crippen LogP) is 1.45. The van der Waals surface area contributed by atoms with Crippen molar-refractivity contribution in [1.29, 1.82) is 0 Å². The smallest absolute Gasteiger partial charge is 0.257 e. The van der Waals surface area contributed by atoms with E-state index in [1.165, 1.54) is 0 Å². The predicted molar refractivity (Wildman–Crippen MR) is 99.3 cm³/mol. The number of piperidine rings is 1. The van der Waals surface area contributed by atoms with E-state index in [-0.39, 0.29) is 17.7 Å². The number of rotatable bonds is 5. The number of carbonyl (C=O) groups excluding carboxylic acids is 2. The van der Waals surface area contributed by atoms with Crippen LogP contribution in [0.4, 0.5) is 0 Å². The molecule has 1 aliphatic heterocycles. The van der Waals surface area contributed by atoms with E-state index in [2.05, 4.69) is 10.4 Å². The lowest BCUT2D eigenvalue weighted by Gasteiger charge is -2.31. The largest absolute Gasteiger partial charge is 0.355 e. The maximum absolute atomic E-state index is 12.8. The summed E-state index contributed by atoms with van der Waals surface area (Å²) in [5.41, 5.74) is 6.70. The standard InChI is InChI=1S/C18H22ClN5O2/c19-15-4-1-5-16(9-15)24-12-14(10-22-24)18(26)23-8-2-3-13(11-23)17(25)21-7-6-20/h1,4-5,9-10,12-13H,2-3,6-8,11,20H2,(H,21,25). The topological polar surface area (TPSA) is 93.2 Å². The van der Waals surface area contributed by atoms with Crippen molar-refractivity contribution in [3.05, 3.63) is 47.2 Å². The molecule has 2 amide bonds. The summed E-state index contributed by atoms with van der Waals surface area (Å²) in [7, 11) is 0. The first-order valence-corrected chi connectivity index (χ1v) is 9.04. The molecule has 3 N–H and O–H groups in total. The summed E-state index contributed by atoms with van der Waals surface area (Å²) in [6, 6.07) is 7.26. The van der Waals surface area contributed by atoms with Crippen molar-refractivity contribution in [2.45, 2.75) is 12.8 Å². The average Bonchev–Trinajstić information content (AvgIpc) is 3.16. The van der Waals surface area contributed by atoms with E-state index in [0.717, 1.165) is 18.5 Å². The van der Waals surface area contributed by atoms with Gasteiger partial charge in [0.05, 0.1) is 23.4 Å². The van der Waals surface area contributed by atoms with Crippen LogP contribution in [0, 0.1) is 5.92 Å². The molecule has 8 heteroatoms. The van der Waals surface area contributed by atoms with E-state index in [9.17, 15) is 9.59 Å². The van der Waals surface area contributed by atoms with E-state index < -0.39 is 0 Å². The molecule has 0 bridgehead atoms. The minimum absolute atomic E-state index is 0.0393. The first kappa shape index (κ1) is 18.4. The van der Waals surface area contributed by atoms with Gasteiger partial charge in [0, 0.05) is 37.4 Å². The highest BCUT2D eigenvalue weighted by Crippen LogP contribution is 2.20. The molecule has 2 heterocycles. The SMILES string of the molecule is NCCNC(=O)C1CCCN(C(=O)c2cnn(-c3cccc(Cl)c3)c2)C1. The number of hydrogen-bond acceptors (Lipinski definition) is 4. The lowest BCUT2D eigenvalue weighted by Crippen LogP contribution is -2.46. The van der Waals surface area contributed by atoms with Gasteiger partial charge in [0.1, 0.15) is 0 Å². The second-order valence-electron chi connectivity index (χ2n) is 6.32. The second kappa shape index (κ2) is 8.33. The van der Waals surface area contributed by atoms with Gasteiger partial charge in [0.2, 0.25) is 5.91 Å². The minimum atomic E-state index is -0.192. The fraction of sp³-hybridized carbons (Fsp3) is 0.389. The van der Waals surface area contributed by atoms with Crippen LogP contribution in [0.3, 0.4) is 0 Å². The third kappa shape index (κ3) is 4.23. The molecule has 1 aliphatic rings. The van der Waals surface area contributed by atoms with Crippen LogP contribution in [0.5, 0.6) is 0 Å². The summed E-state index contributed by atoms with van der Waals surface area (Å²) in [5.74, 6) is -0.348. The monoisotopic (exact) mass is 375 g/mol. The zero-order valence-electron chi connectivity index (χ0n) is 14.4. The van der Waals surface area contributed by atoms with Crippen LogP contribution in [0.15, 0.2) is 36.7 Å². The Labute approximate surface area is 157 Å². The third-order valence-electron chi connectivity index (χ3n) is 4.43. The molecule has 0 radical (unpaired) electrons. The number of aromatic nitrogens is 2. The van der Waals surface area contributed by atoms with Crippen molar-refractivity contribution in [2.75, 3.05) is 26.2 Å². The Hall–Kier alpha value is -2.38. The highest BCUT2D eigenvalue weighted by molar-refractivity contribution is 6.30. The lowest BCUT2D eigenvalue weighted by molar-refractivity contribution is -0.126. The van der Waals surface area contributed by atoms with Crippen molar-refractivity contribution in [3.8, 4) is 5.69 Å². The van der Waals surface area contributed by atoms with Crippen molar-refractivity contribution in [2.24, 2.45) is 11.7 Å². The zero-order valence-corrected chi connectivity index (χ0v) is 15.2. The summed E-state index contributed by atoms with van der Waals surface area (Å²) >= 11 is 6.01. The summed E-state index contributed by atoms with van der Waals surface area (Å²) in [4.78, 5) is 26.7. The first-order valence-electron chi connectivity index (χ1n) is 8.66. The van der Waals surface area contributed by atoms with Gasteiger partial charge in [0.25, 0.3) is 5.91 Å². The molecule has 1 atom stereocenters. The van der Waals surface area contributed by atoms with Crippen molar-refractivity contribution in [1.82, 2.24) is 20.0 Å². The van der Waals surface area contributed by atoms with E-state index in [1.54, 1.807) is 34.1 Å². The number of nitrogens with zero attached hydrogens (tertiary/aromatic N) is 3. The summed E-state index contributed by atoms with van der Waals surface area (Å²) < 4.78 is 1.62. The Morgan fingerprint density at radius 2 is 2.23 bits per heavy atom. The maximum Gasteiger partial charge on any atom is 0.257 e. The molecule has 0 aliphatic carbocycles. The Kier molecular flexibility index (Phi) is 5.90. The molecule has 1 fully saturated rings. The van der Waals surface area contributed by atoms with Crippen LogP contribution in [0.2, 0.25) is 5.02 Å². The Balaban J connectivity index is 1.68. The molecule has 1 aromatic carbocycles. The molecule has 1 aromatic heterocycles. The van der Waals surface area contributed by atoms with Crippen molar-refractivity contribution in [3.63, 3.8) is 0 Å². The number of nitrogens with two attached hydrogens (primary N) is 1. The molecule has 2 aromatic rings. The van der Waals surface area contributed by atoms with Gasteiger partial charge in [-0.1, -0.05) is 17.7 Å². The van der Waals surface area contributed by atoms with Crippen LogP contribution in [-0.4, -0.2) is 52.7 Å². The molecule has 1 saturated heterocycles. The Morgan fingerprint density at radius 3 is 3.00 bits per heavy atom. The van der Waals surface area contributed by atoms with Gasteiger partial charge in [-0.15, -0.1) is 0 Å². The van der Waals surface area contributed by atoms with Crippen LogP contribution < -0.4 is 11.1 Å². The molecular formula is C18H22ClN5O2. The molecule has 138 valence electrons. The summed E-state index contributed by atoms with van der Waals surface area (Å²) in [6.45, 7) is 1.92. The first-order chi connectivity index (χ1) is 12.6. The van der Waals surface area contributed by atoms with Gasteiger partial charge in [-0.2, -0.15) is 5.10 Å². The maximum atomic E-state index is 12.8. The average molecular weight is 376 g/mol. The summed E-state index contributed by atoms with van der Waals surface area (Å²) in [6.07, 6.45) is 4.81. The van der Waals surface area contributed by atoms with Crippen LogP contribution in [0.25, 0.3) is 5.69 Å². The lowest BCUT2D eigenvalue weighted by atomic mass is 9.96. The minimum Gasteiger partial charge on any atom is -0.355 e. The highest BCUT2D eigenvalue weighted by atomic mass is 35.5. The van der Waals surface area contributed by atoms with Gasteiger partial charge < -0.3 is 16.0 Å². The number of benzene rings is 1. The molecular weight excluding hydrogens is 354 g/mol. The number of carbonyl (C=O) groups is 2. The third-order valence-corrected chi connectivity index (χ3v) is 4.66. The van der Waals surface area contributed by atoms with E-state index >= 15 is 0 Å². The van der Waals surface area contributed by atoms with E-state index in [1.807, 2.05) is 12.1 Å². The second-order valence-corrected chi connectivity index (χ2v) is 6.76. The molecule has 1 unspecified atom stereocenters. The van der Waals surface area contributed by atoms with Crippen LogP contribution in [0.1, 0.15) is 23.2 Å². The fourth-order valence-corrected chi connectivity index (χ4v) is 3.28. The molecule has 0 spiro atoms. The van der Waals surface area contributed by atoms with Gasteiger partial charge in [-0.05, 0) is 31.0 Å². The van der Waals surface area contributed by atoms with Gasteiger partial charge in [-0.25, -0.2) is 4.68 Å². The van der Waals surface area contributed by atoms with Gasteiger partial charge >= 0.3 is 0 Å². The number of hydrogen-bond donors (Lipinski definition) is 2. The van der Waals surface area contributed by atoms with E-state index in [4.69, 9.17) is 17.3 Å². The number of amides is 2. The van der Waals surface area contributed by atoms with Gasteiger partial charge in [-0.3, -0.25) is 9.59 Å².